The summed E-state index contributed by atoms with van der Waals surface area (Å²) in [4.78, 5) is 11.3. The number of aryl methyl sites for hydroxylation is 2. The van der Waals surface area contributed by atoms with Crippen LogP contribution in [0.15, 0.2) is 45.8 Å². The van der Waals surface area contributed by atoms with Crippen LogP contribution in [-0.2, 0) is 14.8 Å². The van der Waals surface area contributed by atoms with Gasteiger partial charge in [-0.3, -0.25) is 14.8 Å². The standard InChI is InChI=1S/C19H17ClFN3O4S/c1-10-4-5-13(18-11(2)23-28-19(18)22-12(3)25)8-17(10)29(26,27)24-16-7-6-14(20)9-15(16)21/h4-9,24H,1-3H3,(H,22,25). The van der Waals surface area contributed by atoms with Gasteiger partial charge in [-0.05, 0) is 49.2 Å². The van der Waals surface area contributed by atoms with Crippen LogP contribution >= 0.6 is 11.6 Å². The molecule has 2 aromatic carbocycles. The molecular formula is C19H17ClFN3O4S. The number of hydrogen-bond acceptors (Lipinski definition) is 5. The third kappa shape index (κ3) is 4.41. The lowest BCUT2D eigenvalue weighted by atomic mass is 10.0. The predicted octanol–water partition coefficient (Wildman–Crippen LogP) is 4.51. The Bertz CT molecular complexity index is 1210. The lowest BCUT2D eigenvalue weighted by Crippen LogP contribution is -2.15. The van der Waals surface area contributed by atoms with Gasteiger partial charge in [0.05, 0.1) is 21.8 Å². The van der Waals surface area contributed by atoms with E-state index in [0.717, 1.165) is 6.07 Å². The summed E-state index contributed by atoms with van der Waals surface area (Å²) in [6, 6.07) is 8.34. The molecule has 152 valence electrons. The molecule has 1 aromatic heterocycles. The van der Waals surface area contributed by atoms with Crippen molar-refractivity contribution >= 4 is 39.1 Å². The molecule has 0 atom stereocenters. The van der Waals surface area contributed by atoms with E-state index < -0.39 is 15.8 Å². The maximum atomic E-state index is 14.1. The first-order chi connectivity index (χ1) is 13.6. The number of benzene rings is 2. The number of anilines is 2. The van der Waals surface area contributed by atoms with Gasteiger partial charge in [-0.25, -0.2) is 12.8 Å². The van der Waals surface area contributed by atoms with Crippen LogP contribution < -0.4 is 10.0 Å². The van der Waals surface area contributed by atoms with Crippen molar-refractivity contribution in [3.63, 3.8) is 0 Å². The number of aromatic nitrogens is 1. The molecule has 0 spiro atoms. The van der Waals surface area contributed by atoms with Crippen molar-refractivity contribution in [1.82, 2.24) is 5.16 Å². The largest absolute Gasteiger partial charge is 0.337 e. The highest BCUT2D eigenvalue weighted by atomic mass is 35.5. The summed E-state index contributed by atoms with van der Waals surface area (Å²) in [6.45, 7) is 4.60. The van der Waals surface area contributed by atoms with Gasteiger partial charge in [0.2, 0.25) is 11.8 Å². The first kappa shape index (κ1) is 20.8. The summed E-state index contributed by atoms with van der Waals surface area (Å²) in [6.07, 6.45) is 0. The molecule has 3 aromatic rings. The fourth-order valence-electron chi connectivity index (χ4n) is 2.77. The molecule has 1 heterocycles. The molecule has 0 aliphatic carbocycles. The van der Waals surface area contributed by atoms with Crippen LogP contribution in [0.5, 0.6) is 0 Å². The second kappa shape index (κ2) is 7.84. The molecular weight excluding hydrogens is 421 g/mol. The topological polar surface area (TPSA) is 101 Å². The molecule has 0 radical (unpaired) electrons. The number of amides is 1. The molecule has 10 heteroatoms. The molecule has 0 saturated carbocycles. The Labute approximate surface area is 171 Å². The van der Waals surface area contributed by atoms with Gasteiger partial charge in [-0.15, -0.1) is 0 Å². The van der Waals surface area contributed by atoms with E-state index in [1.807, 2.05) is 0 Å². The molecule has 3 rings (SSSR count). The van der Waals surface area contributed by atoms with Gasteiger partial charge in [-0.1, -0.05) is 28.9 Å². The molecule has 7 nitrogen and oxygen atoms in total. The quantitative estimate of drug-likeness (QED) is 0.611. The second-order valence-corrected chi connectivity index (χ2v) is 8.45. The summed E-state index contributed by atoms with van der Waals surface area (Å²) >= 11 is 5.71. The second-order valence-electron chi connectivity index (χ2n) is 6.36. The maximum absolute atomic E-state index is 14.1. The molecule has 0 fully saturated rings. The van der Waals surface area contributed by atoms with Crippen molar-refractivity contribution in [2.75, 3.05) is 10.0 Å². The Morgan fingerprint density at radius 1 is 1.17 bits per heavy atom. The highest BCUT2D eigenvalue weighted by molar-refractivity contribution is 7.92. The van der Waals surface area contributed by atoms with E-state index in [1.54, 1.807) is 26.0 Å². The third-order valence-electron chi connectivity index (χ3n) is 4.09. The predicted molar refractivity (Wildman–Crippen MR) is 108 cm³/mol. The van der Waals surface area contributed by atoms with Crippen LogP contribution in [0.25, 0.3) is 11.1 Å². The minimum absolute atomic E-state index is 0.0567. The number of carbonyl (C=O) groups is 1. The van der Waals surface area contributed by atoms with Gasteiger partial charge >= 0.3 is 0 Å². The van der Waals surface area contributed by atoms with Gasteiger partial charge in [0.15, 0.2) is 0 Å². The number of nitrogens with zero attached hydrogens (tertiary/aromatic N) is 1. The van der Waals surface area contributed by atoms with Crippen LogP contribution in [0.2, 0.25) is 5.02 Å². The van der Waals surface area contributed by atoms with Crippen LogP contribution in [0.3, 0.4) is 0 Å². The Hall–Kier alpha value is -2.91. The van der Waals surface area contributed by atoms with Crippen molar-refractivity contribution in [1.29, 1.82) is 0 Å². The van der Waals surface area contributed by atoms with E-state index >= 15 is 0 Å². The van der Waals surface area contributed by atoms with E-state index in [9.17, 15) is 17.6 Å². The summed E-state index contributed by atoms with van der Waals surface area (Å²) in [5.41, 5.74) is 1.62. The minimum atomic E-state index is -4.11. The number of halogens is 2. The summed E-state index contributed by atoms with van der Waals surface area (Å²) < 4.78 is 47.2. The fourth-order valence-corrected chi connectivity index (χ4v) is 4.27. The van der Waals surface area contributed by atoms with Crippen LogP contribution in [0, 0.1) is 19.7 Å². The summed E-state index contributed by atoms with van der Waals surface area (Å²) in [5, 5.41) is 6.50. The smallest absolute Gasteiger partial charge is 0.262 e. The van der Waals surface area contributed by atoms with Gasteiger partial charge in [0.25, 0.3) is 10.0 Å². The highest BCUT2D eigenvalue weighted by Gasteiger charge is 2.22. The molecule has 0 aliphatic rings. The number of sulfonamides is 1. The lowest BCUT2D eigenvalue weighted by Gasteiger charge is -2.13. The molecule has 2 N–H and O–H groups in total. The van der Waals surface area contributed by atoms with E-state index in [2.05, 4.69) is 15.2 Å². The van der Waals surface area contributed by atoms with E-state index in [1.165, 1.54) is 25.1 Å². The number of rotatable bonds is 5. The summed E-state index contributed by atoms with van der Waals surface area (Å²) in [5.74, 6) is -1.04. The van der Waals surface area contributed by atoms with E-state index in [0.29, 0.717) is 22.4 Å². The molecule has 29 heavy (non-hydrogen) atoms. The minimum Gasteiger partial charge on any atom is -0.337 e. The van der Waals surface area contributed by atoms with Gasteiger partial charge in [0.1, 0.15) is 5.82 Å². The Balaban J connectivity index is 2.06. The van der Waals surface area contributed by atoms with E-state index in [4.69, 9.17) is 16.1 Å². The Morgan fingerprint density at radius 3 is 2.55 bits per heavy atom. The zero-order valence-corrected chi connectivity index (χ0v) is 17.3. The van der Waals surface area contributed by atoms with E-state index in [-0.39, 0.29) is 27.4 Å². The van der Waals surface area contributed by atoms with Crippen LogP contribution in [0.1, 0.15) is 18.2 Å². The molecule has 0 bridgehead atoms. The Morgan fingerprint density at radius 2 is 1.90 bits per heavy atom. The summed E-state index contributed by atoms with van der Waals surface area (Å²) in [7, 11) is -4.11. The monoisotopic (exact) mass is 437 g/mol. The molecule has 0 aliphatic heterocycles. The maximum Gasteiger partial charge on any atom is 0.262 e. The zero-order valence-electron chi connectivity index (χ0n) is 15.7. The van der Waals surface area contributed by atoms with Crippen molar-refractivity contribution in [2.45, 2.75) is 25.7 Å². The molecule has 0 unspecified atom stereocenters. The first-order valence-electron chi connectivity index (χ1n) is 8.41. The number of carbonyl (C=O) groups excluding carboxylic acids is 1. The van der Waals surface area contributed by atoms with Gasteiger partial charge < -0.3 is 4.52 Å². The average molecular weight is 438 g/mol. The average Bonchev–Trinajstić information content (AvgIpc) is 2.97. The molecule has 0 saturated heterocycles. The molecule has 1 amide bonds. The van der Waals surface area contributed by atoms with Gasteiger partial charge in [0, 0.05) is 11.9 Å². The normalized spacial score (nSPS) is 11.3. The van der Waals surface area contributed by atoms with Crippen molar-refractivity contribution in [2.24, 2.45) is 0 Å². The SMILES string of the molecule is CC(=O)Nc1onc(C)c1-c1ccc(C)c(S(=O)(=O)Nc2ccc(Cl)cc2F)c1. The Kier molecular flexibility index (Phi) is 5.63. The third-order valence-corrected chi connectivity index (χ3v) is 5.84. The number of nitrogens with one attached hydrogen (secondary N) is 2. The zero-order chi connectivity index (χ0) is 21.3. The fraction of sp³-hybridized carbons (Fsp3) is 0.158. The van der Waals surface area contributed by atoms with Crippen molar-refractivity contribution < 1.29 is 22.1 Å². The van der Waals surface area contributed by atoms with Crippen molar-refractivity contribution in [3.05, 3.63) is 58.5 Å². The van der Waals surface area contributed by atoms with Crippen LogP contribution in [-0.4, -0.2) is 19.5 Å². The first-order valence-corrected chi connectivity index (χ1v) is 10.3. The highest BCUT2D eigenvalue weighted by Crippen LogP contribution is 2.34. The van der Waals surface area contributed by atoms with Crippen LogP contribution in [0.4, 0.5) is 16.0 Å². The number of hydrogen-bond donors (Lipinski definition) is 2. The van der Waals surface area contributed by atoms with Gasteiger partial charge in [-0.2, -0.15) is 0 Å². The lowest BCUT2D eigenvalue weighted by molar-refractivity contribution is -0.114. The van der Waals surface area contributed by atoms with Crippen molar-refractivity contribution in [3.8, 4) is 11.1 Å².